The molecule has 1 unspecified atom stereocenters. The van der Waals surface area contributed by atoms with Crippen molar-refractivity contribution >= 4 is 23.3 Å². The molecule has 0 radical (unpaired) electrons. The highest BCUT2D eigenvalue weighted by Gasteiger charge is 2.21. The Bertz CT molecular complexity index is 573. The van der Waals surface area contributed by atoms with Crippen LogP contribution in [0.4, 0.5) is 11.5 Å². The van der Waals surface area contributed by atoms with E-state index in [0.717, 1.165) is 12.3 Å². The molecule has 9 nitrogen and oxygen atoms in total. The van der Waals surface area contributed by atoms with E-state index >= 15 is 0 Å². The number of pyridine rings is 1. The lowest BCUT2D eigenvalue weighted by atomic mass is 10.2. The van der Waals surface area contributed by atoms with Crippen molar-refractivity contribution in [2.75, 3.05) is 5.73 Å². The zero-order chi connectivity index (χ0) is 16.2. The van der Waals surface area contributed by atoms with Crippen LogP contribution >= 0.6 is 0 Å². The molecule has 9 heteroatoms. The second-order valence-electron chi connectivity index (χ2n) is 4.74. The van der Waals surface area contributed by atoms with Crippen molar-refractivity contribution in [2.45, 2.75) is 32.9 Å². The van der Waals surface area contributed by atoms with Crippen LogP contribution in [0.5, 0.6) is 0 Å². The maximum Gasteiger partial charge on any atom is 0.288 e. The van der Waals surface area contributed by atoms with Crippen LogP contribution in [0, 0.1) is 10.1 Å². The monoisotopic (exact) mass is 295 g/mol. The van der Waals surface area contributed by atoms with Gasteiger partial charge in [0.1, 0.15) is 18.1 Å². The first-order valence-electron chi connectivity index (χ1n) is 6.23. The molecule has 0 spiro atoms. The van der Waals surface area contributed by atoms with Gasteiger partial charge in [0.25, 0.3) is 11.6 Å². The third-order valence-electron chi connectivity index (χ3n) is 2.53. The van der Waals surface area contributed by atoms with Crippen molar-refractivity contribution in [2.24, 2.45) is 0 Å². The Morgan fingerprint density at radius 1 is 1.33 bits per heavy atom. The highest BCUT2D eigenvalue weighted by atomic mass is 16.6. The Kier molecular flexibility index (Phi) is 5.17. The van der Waals surface area contributed by atoms with E-state index in [1.807, 2.05) is 0 Å². The lowest BCUT2D eigenvalue weighted by molar-refractivity contribution is -0.385. The predicted molar refractivity (Wildman–Crippen MR) is 75.5 cm³/mol. The van der Waals surface area contributed by atoms with Gasteiger partial charge in [-0.25, -0.2) is 4.98 Å². The molecule has 1 aromatic rings. The Morgan fingerprint density at radius 3 is 2.48 bits per heavy atom. The minimum Gasteiger partial charge on any atom is -0.383 e. The number of hydrogen-bond donors (Lipinski definition) is 3. The maximum atomic E-state index is 12.0. The molecule has 0 bridgehead atoms. The number of amides is 2. The standard InChI is InChI=1S/C12H17N5O4/c1-6(2)15-11(18)7(3)16-12(19)9-4-8(17(20)21)5-14-10(9)13/h4-7H,1-3H3,(H2,13,14)(H,15,18)(H,16,19). The molecule has 0 saturated heterocycles. The Labute approximate surface area is 121 Å². The first kappa shape index (κ1) is 16.3. The van der Waals surface area contributed by atoms with Crippen LogP contribution in [0.25, 0.3) is 0 Å². The number of nitro groups is 1. The summed E-state index contributed by atoms with van der Waals surface area (Å²) in [6.07, 6.45) is 0.959. The topological polar surface area (TPSA) is 140 Å². The van der Waals surface area contributed by atoms with Gasteiger partial charge in [0, 0.05) is 12.1 Å². The van der Waals surface area contributed by atoms with Crippen molar-refractivity contribution in [3.63, 3.8) is 0 Å². The second-order valence-corrected chi connectivity index (χ2v) is 4.74. The van der Waals surface area contributed by atoms with E-state index in [4.69, 9.17) is 5.73 Å². The number of nitrogens with zero attached hydrogens (tertiary/aromatic N) is 2. The van der Waals surface area contributed by atoms with Crippen LogP contribution in [-0.4, -0.2) is 33.8 Å². The minimum atomic E-state index is -0.807. The molecule has 0 aromatic carbocycles. The number of aromatic nitrogens is 1. The van der Waals surface area contributed by atoms with Gasteiger partial charge in [0.2, 0.25) is 5.91 Å². The van der Waals surface area contributed by atoms with E-state index in [0.29, 0.717) is 0 Å². The first-order chi connectivity index (χ1) is 9.72. The molecule has 0 aliphatic carbocycles. The minimum absolute atomic E-state index is 0.0681. The number of carbonyl (C=O) groups excluding carboxylic acids is 2. The van der Waals surface area contributed by atoms with E-state index in [2.05, 4.69) is 15.6 Å². The van der Waals surface area contributed by atoms with Crippen LogP contribution in [-0.2, 0) is 4.79 Å². The molecule has 0 aliphatic rings. The fraction of sp³-hybridized carbons (Fsp3) is 0.417. The van der Waals surface area contributed by atoms with E-state index in [-0.39, 0.29) is 29.0 Å². The predicted octanol–water partition coefficient (Wildman–Crippen LogP) is 0.215. The highest BCUT2D eigenvalue weighted by Crippen LogP contribution is 2.16. The average Bonchev–Trinajstić information content (AvgIpc) is 2.37. The van der Waals surface area contributed by atoms with Gasteiger partial charge in [0.05, 0.1) is 10.5 Å². The zero-order valence-corrected chi connectivity index (χ0v) is 11.9. The molecule has 4 N–H and O–H groups in total. The summed E-state index contributed by atoms with van der Waals surface area (Å²) >= 11 is 0. The average molecular weight is 295 g/mol. The largest absolute Gasteiger partial charge is 0.383 e. The van der Waals surface area contributed by atoms with Gasteiger partial charge in [-0.3, -0.25) is 19.7 Å². The number of carbonyl (C=O) groups is 2. The van der Waals surface area contributed by atoms with Gasteiger partial charge < -0.3 is 16.4 Å². The van der Waals surface area contributed by atoms with Gasteiger partial charge in [-0.05, 0) is 20.8 Å². The molecule has 21 heavy (non-hydrogen) atoms. The highest BCUT2D eigenvalue weighted by molar-refractivity contribution is 6.01. The van der Waals surface area contributed by atoms with Crippen molar-refractivity contribution in [1.29, 1.82) is 0 Å². The molecule has 1 heterocycles. The third kappa shape index (κ3) is 4.41. The summed E-state index contributed by atoms with van der Waals surface area (Å²) in [5, 5.41) is 15.7. The molecule has 1 rings (SSSR count). The Balaban J connectivity index is 2.87. The molecular formula is C12H17N5O4. The second kappa shape index (κ2) is 6.64. The van der Waals surface area contributed by atoms with E-state index < -0.39 is 16.9 Å². The normalized spacial score (nSPS) is 11.8. The SMILES string of the molecule is CC(C)NC(=O)C(C)NC(=O)c1cc([N+](=O)[O-])cnc1N. The van der Waals surface area contributed by atoms with E-state index in [9.17, 15) is 19.7 Å². The Hall–Kier alpha value is -2.71. The van der Waals surface area contributed by atoms with E-state index in [1.165, 1.54) is 6.92 Å². The van der Waals surface area contributed by atoms with Crippen molar-refractivity contribution < 1.29 is 14.5 Å². The number of rotatable bonds is 5. The maximum absolute atomic E-state index is 12.0. The summed E-state index contributed by atoms with van der Waals surface area (Å²) in [5.41, 5.74) is 5.03. The quantitative estimate of drug-likeness (QED) is 0.524. The number of nitrogen functional groups attached to an aromatic ring is 1. The van der Waals surface area contributed by atoms with Crippen LogP contribution in [0.1, 0.15) is 31.1 Å². The van der Waals surface area contributed by atoms with E-state index in [1.54, 1.807) is 13.8 Å². The Morgan fingerprint density at radius 2 is 1.95 bits per heavy atom. The van der Waals surface area contributed by atoms with Gasteiger partial charge >= 0.3 is 0 Å². The summed E-state index contributed by atoms with van der Waals surface area (Å²) in [6, 6.07) is 0.144. The number of hydrogen-bond acceptors (Lipinski definition) is 6. The fourth-order valence-electron chi connectivity index (χ4n) is 1.50. The van der Waals surface area contributed by atoms with Gasteiger partial charge in [-0.2, -0.15) is 0 Å². The van der Waals surface area contributed by atoms with Crippen LogP contribution in [0.2, 0.25) is 0 Å². The fourth-order valence-corrected chi connectivity index (χ4v) is 1.50. The van der Waals surface area contributed by atoms with Crippen molar-refractivity contribution in [3.05, 3.63) is 27.9 Å². The summed E-state index contributed by atoms with van der Waals surface area (Å²) < 4.78 is 0. The number of nitrogens with two attached hydrogens (primary N) is 1. The summed E-state index contributed by atoms with van der Waals surface area (Å²) in [6.45, 7) is 5.07. The molecule has 114 valence electrons. The first-order valence-corrected chi connectivity index (χ1v) is 6.23. The van der Waals surface area contributed by atoms with Crippen molar-refractivity contribution in [1.82, 2.24) is 15.6 Å². The van der Waals surface area contributed by atoms with Crippen LogP contribution in [0.3, 0.4) is 0 Å². The summed E-state index contributed by atoms with van der Waals surface area (Å²) in [5.74, 6) is -1.21. The summed E-state index contributed by atoms with van der Waals surface area (Å²) in [7, 11) is 0. The molecule has 0 aliphatic heterocycles. The summed E-state index contributed by atoms with van der Waals surface area (Å²) in [4.78, 5) is 37.3. The smallest absolute Gasteiger partial charge is 0.288 e. The van der Waals surface area contributed by atoms with Gasteiger partial charge in [-0.1, -0.05) is 0 Å². The molecule has 2 amide bonds. The molecule has 0 fully saturated rings. The molecular weight excluding hydrogens is 278 g/mol. The molecule has 0 saturated carbocycles. The number of nitrogens with one attached hydrogen (secondary N) is 2. The van der Waals surface area contributed by atoms with Crippen LogP contribution < -0.4 is 16.4 Å². The molecule has 1 aromatic heterocycles. The molecule has 1 atom stereocenters. The third-order valence-corrected chi connectivity index (χ3v) is 2.53. The lowest BCUT2D eigenvalue weighted by Gasteiger charge is -2.16. The lowest BCUT2D eigenvalue weighted by Crippen LogP contribution is -2.46. The zero-order valence-electron chi connectivity index (χ0n) is 11.9. The van der Waals surface area contributed by atoms with Gasteiger partial charge in [0.15, 0.2) is 0 Å². The number of anilines is 1. The van der Waals surface area contributed by atoms with Gasteiger partial charge in [-0.15, -0.1) is 0 Å². The van der Waals surface area contributed by atoms with Crippen molar-refractivity contribution in [3.8, 4) is 0 Å². The van der Waals surface area contributed by atoms with Crippen LogP contribution in [0.15, 0.2) is 12.3 Å².